The predicted molar refractivity (Wildman–Crippen MR) is 78.9 cm³/mol. The molecule has 1 aromatic heterocycles. The van der Waals surface area contributed by atoms with E-state index in [1.165, 1.54) is 0 Å². The lowest BCUT2D eigenvalue weighted by atomic mass is 10.1. The maximum Gasteiger partial charge on any atom is 0.170 e. The molecule has 1 heterocycles. The molecule has 3 nitrogen and oxygen atoms in total. The summed E-state index contributed by atoms with van der Waals surface area (Å²) in [6.07, 6.45) is 2.73. The van der Waals surface area contributed by atoms with Gasteiger partial charge in [0, 0.05) is 31.4 Å². The summed E-state index contributed by atoms with van der Waals surface area (Å²) in [5, 5.41) is 3.22. The summed E-state index contributed by atoms with van der Waals surface area (Å²) in [4.78, 5) is 6.11. The minimum atomic E-state index is -0.207. The molecule has 0 bridgehead atoms. The Labute approximate surface area is 116 Å². The van der Waals surface area contributed by atoms with Crippen LogP contribution in [0.5, 0.6) is 0 Å². The second kappa shape index (κ2) is 7.43. The third-order valence-electron chi connectivity index (χ3n) is 3.60. The molecule has 0 aliphatic heterocycles. The van der Waals surface area contributed by atoms with E-state index in [0.29, 0.717) is 23.8 Å². The average Bonchev–Trinajstić information content (AvgIpc) is 2.39. The van der Waals surface area contributed by atoms with E-state index in [9.17, 15) is 4.39 Å². The normalized spacial score (nSPS) is 12.8. The van der Waals surface area contributed by atoms with Crippen LogP contribution in [0.1, 0.15) is 39.7 Å². The molecule has 0 aliphatic rings. The number of aromatic nitrogens is 1. The molecule has 0 amide bonds. The van der Waals surface area contributed by atoms with E-state index < -0.39 is 0 Å². The molecule has 0 fully saturated rings. The number of anilines is 1. The van der Waals surface area contributed by atoms with E-state index in [1.807, 2.05) is 11.9 Å². The second-order valence-electron chi connectivity index (χ2n) is 5.38. The fraction of sp³-hybridized carbons (Fsp3) is 0.667. The van der Waals surface area contributed by atoms with Gasteiger partial charge in [0.05, 0.1) is 0 Å². The van der Waals surface area contributed by atoms with Crippen LogP contribution in [0.25, 0.3) is 0 Å². The van der Waals surface area contributed by atoms with Gasteiger partial charge in [-0.3, -0.25) is 0 Å². The zero-order valence-electron chi connectivity index (χ0n) is 12.7. The molecule has 1 rings (SSSR count). The number of rotatable bonds is 7. The summed E-state index contributed by atoms with van der Waals surface area (Å²) in [6.45, 7) is 9.90. The minimum Gasteiger partial charge on any atom is -0.354 e. The summed E-state index contributed by atoms with van der Waals surface area (Å²) in [6, 6.07) is 2.00. The quantitative estimate of drug-likeness (QED) is 0.769. The van der Waals surface area contributed by atoms with Gasteiger partial charge in [0.25, 0.3) is 0 Å². The number of nitrogens with zero attached hydrogens (tertiary/aromatic N) is 2. The highest BCUT2D eigenvalue weighted by Gasteiger charge is 2.19. The van der Waals surface area contributed by atoms with Crippen LogP contribution in [0.3, 0.4) is 0 Å². The van der Waals surface area contributed by atoms with E-state index in [2.05, 4.69) is 38.0 Å². The number of halogens is 1. The van der Waals surface area contributed by atoms with Gasteiger partial charge in [-0.1, -0.05) is 20.8 Å². The van der Waals surface area contributed by atoms with Gasteiger partial charge in [0.1, 0.15) is 0 Å². The van der Waals surface area contributed by atoms with Crippen molar-refractivity contribution in [3.63, 3.8) is 0 Å². The Kier molecular flexibility index (Phi) is 6.22. The Morgan fingerprint density at radius 2 is 2.05 bits per heavy atom. The van der Waals surface area contributed by atoms with E-state index in [-0.39, 0.29) is 11.9 Å². The monoisotopic (exact) mass is 267 g/mol. The molecule has 0 saturated carbocycles. The molecule has 1 atom stereocenters. The van der Waals surface area contributed by atoms with Crippen molar-refractivity contribution in [2.24, 2.45) is 5.92 Å². The van der Waals surface area contributed by atoms with Crippen LogP contribution in [0.15, 0.2) is 12.3 Å². The number of hydrogen-bond donors (Lipinski definition) is 1. The first-order chi connectivity index (χ1) is 8.99. The molecule has 19 heavy (non-hydrogen) atoms. The van der Waals surface area contributed by atoms with Gasteiger partial charge in [-0.2, -0.15) is 0 Å². The highest BCUT2D eigenvalue weighted by Crippen LogP contribution is 2.22. The maximum absolute atomic E-state index is 14.4. The summed E-state index contributed by atoms with van der Waals surface area (Å²) in [5.41, 5.74) is 0.682. The van der Waals surface area contributed by atoms with Crippen LogP contribution >= 0.6 is 0 Å². The third kappa shape index (κ3) is 4.16. The average molecular weight is 267 g/mol. The van der Waals surface area contributed by atoms with Gasteiger partial charge in [-0.15, -0.1) is 0 Å². The summed E-state index contributed by atoms with van der Waals surface area (Å²) in [7, 11) is 1.90. The Hall–Kier alpha value is -1.16. The Morgan fingerprint density at radius 3 is 2.63 bits per heavy atom. The van der Waals surface area contributed by atoms with E-state index >= 15 is 0 Å². The van der Waals surface area contributed by atoms with Crippen molar-refractivity contribution in [3.05, 3.63) is 23.6 Å². The molecule has 0 spiro atoms. The molecule has 1 aromatic rings. The third-order valence-corrected chi connectivity index (χ3v) is 3.60. The molecule has 0 aliphatic carbocycles. The summed E-state index contributed by atoms with van der Waals surface area (Å²) in [5.74, 6) is 0.686. The Balaban J connectivity index is 2.87. The maximum atomic E-state index is 14.4. The zero-order valence-corrected chi connectivity index (χ0v) is 12.7. The highest BCUT2D eigenvalue weighted by atomic mass is 19.1. The lowest BCUT2D eigenvalue weighted by molar-refractivity contribution is 0.490. The minimum absolute atomic E-state index is 0.207. The van der Waals surface area contributed by atoms with Crippen LogP contribution in [-0.4, -0.2) is 24.6 Å². The molecule has 0 aromatic carbocycles. The van der Waals surface area contributed by atoms with Crippen molar-refractivity contribution in [2.45, 2.75) is 46.7 Å². The molecule has 0 saturated heterocycles. The molecular formula is C15H26FN3. The Morgan fingerprint density at radius 1 is 1.37 bits per heavy atom. The fourth-order valence-electron chi connectivity index (χ4n) is 1.89. The van der Waals surface area contributed by atoms with Gasteiger partial charge < -0.3 is 10.2 Å². The van der Waals surface area contributed by atoms with Crippen LogP contribution in [0, 0.1) is 11.7 Å². The molecular weight excluding hydrogens is 241 g/mol. The van der Waals surface area contributed by atoms with Crippen molar-refractivity contribution in [3.8, 4) is 0 Å². The first-order valence-electron chi connectivity index (χ1n) is 7.05. The first-order valence-corrected chi connectivity index (χ1v) is 7.05. The summed E-state index contributed by atoms with van der Waals surface area (Å²) >= 11 is 0. The van der Waals surface area contributed by atoms with Gasteiger partial charge in [0.15, 0.2) is 11.6 Å². The van der Waals surface area contributed by atoms with E-state index in [4.69, 9.17) is 0 Å². The molecule has 1 N–H and O–H groups in total. The standard InChI is InChI=1S/C15H26FN3/c1-6-8-17-10-13-7-9-18-15(14(13)16)19(5)12(4)11(2)3/h7,9,11-12,17H,6,8,10H2,1-5H3. The van der Waals surface area contributed by atoms with Crippen molar-refractivity contribution >= 4 is 5.82 Å². The van der Waals surface area contributed by atoms with Crippen molar-refractivity contribution in [1.82, 2.24) is 10.3 Å². The van der Waals surface area contributed by atoms with Crippen LogP contribution in [-0.2, 0) is 6.54 Å². The zero-order chi connectivity index (χ0) is 14.4. The van der Waals surface area contributed by atoms with Crippen molar-refractivity contribution < 1.29 is 4.39 Å². The number of pyridine rings is 1. The van der Waals surface area contributed by atoms with Gasteiger partial charge >= 0.3 is 0 Å². The molecule has 0 radical (unpaired) electrons. The fourth-order valence-corrected chi connectivity index (χ4v) is 1.89. The lowest BCUT2D eigenvalue weighted by Crippen LogP contribution is -2.34. The number of nitrogens with one attached hydrogen (secondary N) is 1. The molecule has 4 heteroatoms. The van der Waals surface area contributed by atoms with Crippen molar-refractivity contribution in [2.75, 3.05) is 18.5 Å². The topological polar surface area (TPSA) is 28.2 Å². The predicted octanol–water partition coefficient (Wildman–Crippen LogP) is 3.20. The lowest BCUT2D eigenvalue weighted by Gasteiger charge is -2.29. The Bertz CT molecular complexity index is 393. The SMILES string of the molecule is CCCNCc1ccnc(N(C)C(C)C(C)C)c1F. The van der Waals surface area contributed by atoms with Gasteiger partial charge in [-0.05, 0) is 31.9 Å². The van der Waals surface area contributed by atoms with Crippen LogP contribution in [0.4, 0.5) is 10.2 Å². The van der Waals surface area contributed by atoms with Gasteiger partial charge in [-0.25, -0.2) is 9.37 Å². The summed E-state index contributed by atoms with van der Waals surface area (Å²) < 4.78 is 14.4. The van der Waals surface area contributed by atoms with Crippen molar-refractivity contribution in [1.29, 1.82) is 0 Å². The smallest absolute Gasteiger partial charge is 0.170 e. The first kappa shape index (κ1) is 15.9. The van der Waals surface area contributed by atoms with Crippen LogP contribution in [0.2, 0.25) is 0 Å². The van der Waals surface area contributed by atoms with E-state index in [1.54, 1.807) is 12.3 Å². The van der Waals surface area contributed by atoms with Gasteiger partial charge in [0.2, 0.25) is 0 Å². The second-order valence-corrected chi connectivity index (χ2v) is 5.38. The van der Waals surface area contributed by atoms with Crippen LogP contribution < -0.4 is 10.2 Å². The number of hydrogen-bond acceptors (Lipinski definition) is 3. The molecule has 108 valence electrons. The highest BCUT2D eigenvalue weighted by molar-refractivity contribution is 5.43. The molecule has 1 unspecified atom stereocenters. The van der Waals surface area contributed by atoms with E-state index in [0.717, 1.165) is 13.0 Å². The largest absolute Gasteiger partial charge is 0.354 e.